The molecule has 0 radical (unpaired) electrons. The van der Waals surface area contributed by atoms with E-state index < -0.39 is 0 Å². The largest absolute Gasteiger partial charge is 0.490 e. The van der Waals surface area contributed by atoms with Gasteiger partial charge in [0.1, 0.15) is 5.75 Å². The van der Waals surface area contributed by atoms with E-state index in [9.17, 15) is 0 Å². The zero-order valence-corrected chi connectivity index (χ0v) is 14.9. The number of ether oxygens (including phenoxy) is 1. The molecule has 0 saturated heterocycles. The highest BCUT2D eigenvalue weighted by Gasteiger charge is 2.17. The van der Waals surface area contributed by atoms with Crippen molar-refractivity contribution in [3.8, 4) is 5.75 Å². The minimum Gasteiger partial charge on any atom is -0.490 e. The van der Waals surface area contributed by atoms with Crippen molar-refractivity contribution in [3.05, 3.63) is 52.2 Å². The monoisotopic (exact) mass is 343 g/mol. The molecule has 24 heavy (non-hydrogen) atoms. The topological polar surface area (TPSA) is 45.7 Å². The van der Waals surface area contributed by atoms with Crippen LogP contribution in [0.1, 0.15) is 36.8 Å². The molecule has 0 spiro atoms. The number of nitrogens with one attached hydrogen (secondary N) is 2. The van der Waals surface area contributed by atoms with Crippen LogP contribution in [-0.4, -0.2) is 19.1 Å². The van der Waals surface area contributed by atoms with Gasteiger partial charge in [-0.05, 0) is 54.1 Å². The van der Waals surface area contributed by atoms with Gasteiger partial charge in [0, 0.05) is 25.7 Å². The highest BCUT2D eigenvalue weighted by Crippen LogP contribution is 2.26. The van der Waals surface area contributed by atoms with Crippen molar-refractivity contribution in [1.82, 2.24) is 10.6 Å². The van der Waals surface area contributed by atoms with E-state index in [4.69, 9.17) is 4.74 Å². The summed E-state index contributed by atoms with van der Waals surface area (Å²) in [7, 11) is 1.80. The molecule has 1 heterocycles. The van der Waals surface area contributed by atoms with Gasteiger partial charge >= 0.3 is 0 Å². The van der Waals surface area contributed by atoms with E-state index in [2.05, 4.69) is 50.7 Å². The molecular formula is C19H25N3OS. The Kier molecular flexibility index (Phi) is 6.13. The third-order valence-corrected chi connectivity index (χ3v) is 5.01. The average molecular weight is 343 g/mol. The van der Waals surface area contributed by atoms with Crippen molar-refractivity contribution in [2.45, 2.75) is 44.9 Å². The van der Waals surface area contributed by atoms with Gasteiger partial charge in [0.05, 0.1) is 6.10 Å². The number of hydrogen-bond acceptors (Lipinski definition) is 3. The molecular weight excluding hydrogens is 318 g/mol. The van der Waals surface area contributed by atoms with Crippen molar-refractivity contribution in [3.63, 3.8) is 0 Å². The number of nitrogens with zero attached hydrogens (tertiary/aromatic N) is 1. The maximum absolute atomic E-state index is 6.19. The molecule has 3 rings (SSSR count). The van der Waals surface area contributed by atoms with Crippen LogP contribution in [0.2, 0.25) is 0 Å². The van der Waals surface area contributed by atoms with Crippen LogP contribution in [0, 0.1) is 0 Å². The maximum Gasteiger partial charge on any atom is 0.191 e. The number of para-hydroxylation sites is 1. The van der Waals surface area contributed by atoms with Gasteiger partial charge in [-0.15, -0.1) is 0 Å². The van der Waals surface area contributed by atoms with Crippen molar-refractivity contribution in [1.29, 1.82) is 0 Å². The van der Waals surface area contributed by atoms with Crippen molar-refractivity contribution in [2.75, 3.05) is 7.05 Å². The molecule has 0 aliphatic heterocycles. The molecule has 0 amide bonds. The molecule has 5 heteroatoms. The van der Waals surface area contributed by atoms with Crippen LogP contribution in [0.25, 0.3) is 0 Å². The molecule has 2 N–H and O–H groups in total. The first-order valence-electron chi connectivity index (χ1n) is 8.55. The molecule has 0 atom stereocenters. The Hall–Kier alpha value is -2.01. The SMILES string of the molecule is CN=C(NCc1ccsc1)NCc1ccccc1OC1CCCC1. The summed E-state index contributed by atoms with van der Waals surface area (Å²) in [6, 6.07) is 10.4. The smallest absolute Gasteiger partial charge is 0.191 e. The predicted octanol–water partition coefficient (Wildman–Crippen LogP) is 3.93. The summed E-state index contributed by atoms with van der Waals surface area (Å²) in [5.41, 5.74) is 2.44. The van der Waals surface area contributed by atoms with Crippen molar-refractivity contribution < 1.29 is 4.74 Å². The van der Waals surface area contributed by atoms with Crippen LogP contribution in [0.5, 0.6) is 5.75 Å². The van der Waals surface area contributed by atoms with Gasteiger partial charge in [-0.3, -0.25) is 4.99 Å². The quantitative estimate of drug-likeness (QED) is 0.617. The number of hydrogen-bond donors (Lipinski definition) is 2. The van der Waals surface area contributed by atoms with E-state index in [0.29, 0.717) is 12.6 Å². The van der Waals surface area contributed by atoms with Gasteiger partial charge in [0.15, 0.2) is 5.96 Å². The third kappa shape index (κ3) is 4.74. The lowest BCUT2D eigenvalue weighted by Gasteiger charge is -2.17. The van der Waals surface area contributed by atoms with Crippen LogP contribution >= 0.6 is 11.3 Å². The fourth-order valence-corrected chi connectivity index (χ4v) is 3.60. The van der Waals surface area contributed by atoms with Crippen LogP contribution in [-0.2, 0) is 13.1 Å². The molecule has 1 aromatic carbocycles. The fraction of sp³-hybridized carbons (Fsp3) is 0.421. The normalized spacial score (nSPS) is 15.5. The Morgan fingerprint density at radius 1 is 1.17 bits per heavy atom. The number of aliphatic imine (C=N–C) groups is 1. The Labute approximate surface area is 148 Å². The molecule has 1 fully saturated rings. The van der Waals surface area contributed by atoms with E-state index in [1.54, 1.807) is 18.4 Å². The molecule has 2 aromatic rings. The summed E-state index contributed by atoms with van der Waals surface area (Å²) in [5.74, 6) is 1.79. The second kappa shape index (κ2) is 8.73. The number of thiophene rings is 1. The third-order valence-electron chi connectivity index (χ3n) is 4.28. The van der Waals surface area contributed by atoms with E-state index in [-0.39, 0.29) is 0 Å². The van der Waals surface area contributed by atoms with Crippen LogP contribution in [0.15, 0.2) is 46.1 Å². The number of benzene rings is 1. The summed E-state index contributed by atoms with van der Waals surface area (Å²) in [5, 5.41) is 10.9. The molecule has 1 aliphatic rings. The molecule has 0 unspecified atom stereocenters. The van der Waals surface area contributed by atoms with Gasteiger partial charge < -0.3 is 15.4 Å². The summed E-state index contributed by atoms with van der Waals surface area (Å²) in [6.07, 6.45) is 5.29. The first-order chi connectivity index (χ1) is 11.8. The van der Waals surface area contributed by atoms with Gasteiger partial charge in [-0.25, -0.2) is 0 Å². The van der Waals surface area contributed by atoms with E-state index >= 15 is 0 Å². The van der Waals surface area contributed by atoms with Crippen molar-refractivity contribution >= 4 is 17.3 Å². The van der Waals surface area contributed by atoms with E-state index in [0.717, 1.165) is 18.3 Å². The van der Waals surface area contributed by atoms with Crippen LogP contribution < -0.4 is 15.4 Å². The van der Waals surface area contributed by atoms with Gasteiger partial charge in [-0.2, -0.15) is 11.3 Å². The minimum absolute atomic E-state index is 0.377. The lowest BCUT2D eigenvalue weighted by molar-refractivity contribution is 0.208. The highest BCUT2D eigenvalue weighted by atomic mass is 32.1. The Bertz CT molecular complexity index is 648. The average Bonchev–Trinajstić information content (AvgIpc) is 3.30. The maximum atomic E-state index is 6.19. The Morgan fingerprint density at radius 3 is 2.71 bits per heavy atom. The van der Waals surface area contributed by atoms with Gasteiger partial charge in [0.2, 0.25) is 0 Å². The summed E-state index contributed by atoms with van der Waals surface area (Å²) in [6.45, 7) is 1.48. The van der Waals surface area contributed by atoms with E-state index in [1.807, 2.05) is 6.07 Å². The van der Waals surface area contributed by atoms with Gasteiger partial charge in [0.25, 0.3) is 0 Å². The van der Waals surface area contributed by atoms with Crippen LogP contribution in [0.3, 0.4) is 0 Å². The minimum atomic E-state index is 0.377. The van der Waals surface area contributed by atoms with Gasteiger partial charge in [-0.1, -0.05) is 18.2 Å². The molecule has 128 valence electrons. The lowest BCUT2D eigenvalue weighted by Crippen LogP contribution is -2.36. The number of guanidine groups is 1. The second-order valence-corrected chi connectivity index (χ2v) is 6.82. The molecule has 1 aliphatic carbocycles. The van der Waals surface area contributed by atoms with Crippen molar-refractivity contribution in [2.24, 2.45) is 4.99 Å². The Balaban J connectivity index is 1.54. The standard InChI is InChI=1S/C19H25N3OS/c1-20-19(21-12-15-10-11-24-14-15)22-13-16-6-2-5-9-18(16)23-17-7-3-4-8-17/h2,5-6,9-11,14,17H,3-4,7-8,12-13H2,1H3,(H2,20,21,22). The lowest BCUT2D eigenvalue weighted by atomic mass is 10.2. The predicted molar refractivity (Wildman–Crippen MR) is 101 cm³/mol. The first kappa shape index (κ1) is 16.8. The fourth-order valence-electron chi connectivity index (χ4n) is 2.93. The summed E-state index contributed by atoms with van der Waals surface area (Å²) < 4.78 is 6.19. The molecule has 0 bridgehead atoms. The zero-order chi connectivity index (χ0) is 16.6. The molecule has 1 saturated carbocycles. The highest BCUT2D eigenvalue weighted by molar-refractivity contribution is 7.07. The second-order valence-electron chi connectivity index (χ2n) is 6.04. The van der Waals surface area contributed by atoms with E-state index in [1.165, 1.54) is 36.8 Å². The number of rotatable bonds is 6. The zero-order valence-electron chi connectivity index (χ0n) is 14.1. The molecule has 4 nitrogen and oxygen atoms in total. The Morgan fingerprint density at radius 2 is 1.96 bits per heavy atom. The molecule has 1 aromatic heterocycles. The first-order valence-corrected chi connectivity index (χ1v) is 9.49. The van der Waals surface area contributed by atoms with Crippen LogP contribution in [0.4, 0.5) is 0 Å². The summed E-state index contributed by atoms with van der Waals surface area (Å²) in [4.78, 5) is 4.29. The summed E-state index contributed by atoms with van der Waals surface area (Å²) >= 11 is 1.71.